The van der Waals surface area contributed by atoms with Gasteiger partial charge in [0.15, 0.2) is 0 Å². The van der Waals surface area contributed by atoms with Gasteiger partial charge >= 0.3 is 0 Å². The second kappa shape index (κ2) is 22.2. The molecule has 442 valence electrons. The summed E-state index contributed by atoms with van der Waals surface area (Å²) < 4.78 is 2.60. The normalized spacial score (nSPS) is 12.6. The van der Waals surface area contributed by atoms with Gasteiger partial charge < -0.3 is 9.80 Å². The first kappa shape index (κ1) is 55.5. The van der Waals surface area contributed by atoms with Crippen LogP contribution in [0.5, 0.6) is 0 Å². The van der Waals surface area contributed by atoms with Crippen LogP contribution in [-0.2, 0) is 5.41 Å². The van der Waals surface area contributed by atoms with Gasteiger partial charge in [0.25, 0.3) is 6.71 Å². The Balaban J connectivity index is 1.01. The number of hydrogen-bond donors (Lipinski definition) is 0. The van der Waals surface area contributed by atoms with Crippen LogP contribution in [0, 0.1) is 0 Å². The van der Waals surface area contributed by atoms with Gasteiger partial charge in [-0.25, -0.2) is 0 Å². The zero-order chi connectivity index (χ0) is 62.6. The van der Waals surface area contributed by atoms with E-state index in [1.54, 1.807) is 0 Å². The average molecular weight is 1220 g/mol. The van der Waals surface area contributed by atoms with Crippen LogP contribution in [0.4, 0.5) is 34.1 Å². The maximum atomic E-state index is 2.71. The van der Waals surface area contributed by atoms with E-state index in [0.29, 0.717) is 0 Å². The van der Waals surface area contributed by atoms with Crippen molar-refractivity contribution in [2.75, 3.05) is 9.80 Å². The topological polar surface area (TPSA) is 6.48 Å². The van der Waals surface area contributed by atoms with Crippen LogP contribution in [0.25, 0.3) is 120 Å². The predicted molar refractivity (Wildman–Crippen MR) is 405 cm³/mol. The van der Waals surface area contributed by atoms with E-state index in [9.17, 15) is 0 Å². The number of rotatable bonds is 9. The van der Waals surface area contributed by atoms with Gasteiger partial charge in [-0.15, -0.1) is 11.3 Å². The molecule has 15 aromatic carbocycles. The molecule has 16 aromatic rings. The number of nitrogens with zero attached hydrogens (tertiary/aromatic N) is 2. The van der Waals surface area contributed by atoms with Crippen LogP contribution in [0.2, 0.25) is 0 Å². The molecular formula is C90H63BN2S. The monoisotopic (exact) mass is 1210 g/mol. The first-order chi connectivity index (χ1) is 46.3. The molecule has 0 aliphatic carbocycles. The molecule has 0 unspecified atom stereocenters. The molecule has 3 heterocycles. The lowest BCUT2D eigenvalue weighted by Gasteiger charge is -2.46. The Morgan fingerprint density at radius 1 is 0.277 bits per heavy atom. The van der Waals surface area contributed by atoms with Crippen LogP contribution in [-0.4, -0.2) is 6.71 Å². The van der Waals surface area contributed by atoms with Crippen LogP contribution < -0.4 is 26.2 Å². The minimum atomic E-state index is -0.283. The molecule has 0 fully saturated rings. The van der Waals surface area contributed by atoms with Crippen molar-refractivity contribution < 1.29 is 0 Å². The highest BCUT2D eigenvalue weighted by molar-refractivity contribution is 7.26. The van der Waals surface area contributed by atoms with Gasteiger partial charge in [-0.2, -0.15) is 0 Å². The zero-order valence-corrected chi connectivity index (χ0v) is 53.4. The van der Waals surface area contributed by atoms with E-state index in [4.69, 9.17) is 0 Å². The summed E-state index contributed by atoms with van der Waals surface area (Å²) in [6.07, 6.45) is 0. The van der Waals surface area contributed by atoms with Crippen molar-refractivity contribution in [3.8, 4) is 77.9 Å². The lowest BCUT2D eigenvalue weighted by Crippen LogP contribution is -2.61. The minimum absolute atomic E-state index is 0.214. The van der Waals surface area contributed by atoms with Crippen LogP contribution >= 0.6 is 11.3 Å². The highest BCUT2D eigenvalue weighted by Crippen LogP contribution is 2.55. The van der Waals surface area contributed by atoms with Crippen molar-refractivity contribution in [1.29, 1.82) is 0 Å². The second-order valence-corrected chi connectivity index (χ2v) is 27.2. The predicted octanol–water partition coefficient (Wildman–Crippen LogP) is 23.4. The maximum Gasteiger partial charge on any atom is 0.252 e. The van der Waals surface area contributed by atoms with E-state index in [-0.39, 0.29) is 12.1 Å². The summed E-state index contributed by atoms with van der Waals surface area (Å²) in [5.74, 6) is 0. The van der Waals surface area contributed by atoms with Gasteiger partial charge in [-0.1, -0.05) is 318 Å². The average Bonchev–Trinajstić information content (AvgIpc) is 0.698. The molecule has 0 spiro atoms. The molecule has 4 heteroatoms. The Bertz CT molecular complexity index is 5480. The molecule has 0 amide bonds. The van der Waals surface area contributed by atoms with Gasteiger partial charge in [0.1, 0.15) is 0 Å². The largest absolute Gasteiger partial charge is 0.310 e. The van der Waals surface area contributed by atoms with E-state index in [1.165, 1.54) is 97.2 Å². The molecule has 2 aliphatic rings. The molecular weight excluding hydrogens is 1150 g/mol. The van der Waals surface area contributed by atoms with E-state index >= 15 is 0 Å². The fraction of sp³-hybridized carbons (Fsp3) is 0.0444. The van der Waals surface area contributed by atoms with Crippen molar-refractivity contribution >= 4 is 110 Å². The molecule has 94 heavy (non-hydrogen) atoms. The summed E-state index contributed by atoms with van der Waals surface area (Å²) in [5.41, 5.74) is 28.2. The van der Waals surface area contributed by atoms with Crippen molar-refractivity contribution in [3.05, 3.63) is 333 Å². The third kappa shape index (κ3) is 8.92. The van der Waals surface area contributed by atoms with E-state index in [1.807, 2.05) is 11.3 Å². The number of hydrogen-bond acceptors (Lipinski definition) is 3. The van der Waals surface area contributed by atoms with Gasteiger partial charge in [0.05, 0.1) is 11.4 Å². The summed E-state index contributed by atoms with van der Waals surface area (Å²) in [4.78, 5) is 5.39. The summed E-state index contributed by atoms with van der Waals surface area (Å²) in [7, 11) is 0. The second-order valence-electron chi connectivity index (χ2n) is 26.2. The standard InChI is InChI=1S/C90H63BN2S/c1-90(2,3)65-56-81-86-82(57-65)93(88-68(60-32-13-6-14-33-60)45-26-46-69(88)61-34-15-7-16-35-61)80-55-64(85-74-41-21-19-39-72(74)84(62-36-17-8-18-37-62)73-40-20-22-42-75(73)85)50-52-77(80)91(86)78-54-63(70-47-27-48-76-71-38-23-24-49-83(71)94-89(70)76)51-53-79(78)92(81)87-66(58-28-9-4-10-29-58)43-25-44-67(87)59-30-11-5-12-31-59/h4-57H,1-3H3. The summed E-state index contributed by atoms with van der Waals surface area (Å²) in [6, 6.07) is 123. The smallest absolute Gasteiger partial charge is 0.252 e. The lowest BCUT2D eigenvalue weighted by atomic mass is 9.33. The van der Waals surface area contributed by atoms with Crippen molar-refractivity contribution in [3.63, 3.8) is 0 Å². The van der Waals surface area contributed by atoms with Gasteiger partial charge in [0.2, 0.25) is 0 Å². The van der Waals surface area contributed by atoms with Crippen LogP contribution in [0.1, 0.15) is 26.3 Å². The zero-order valence-electron chi connectivity index (χ0n) is 52.6. The first-order valence-corrected chi connectivity index (χ1v) is 33.6. The van der Waals surface area contributed by atoms with Crippen LogP contribution in [0.15, 0.2) is 328 Å². The fourth-order valence-corrected chi connectivity index (χ4v) is 16.8. The Labute approximate surface area is 553 Å². The van der Waals surface area contributed by atoms with E-state index in [0.717, 1.165) is 78.5 Å². The van der Waals surface area contributed by atoms with Crippen molar-refractivity contribution in [1.82, 2.24) is 0 Å². The molecule has 1 aromatic heterocycles. The molecule has 0 bridgehead atoms. The third-order valence-corrected chi connectivity index (χ3v) is 21.0. The highest BCUT2D eigenvalue weighted by atomic mass is 32.1. The number of benzene rings is 15. The maximum absolute atomic E-state index is 2.71. The Morgan fingerprint density at radius 3 is 1.16 bits per heavy atom. The van der Waals surface area contributed by atoms with Gasteiger partial charge in [-0.3, -0.25) is 0 Å². The molecule has 0 radical (unpaired) electrons. The Morgan fingerprint density at radius 2 is 0.670 bits per heavy atom. The van der Waals surface area contributed by atoms with Crippen molar-refractivity contribution in [2.45, 2.75) is 26.2 Å². The summed E-state index contributed by atoms with van der Waals surface area (Å²) >= 11 is 1.90. The fourth-order valence-electron chi connectivity index (χ4n) is 15.5. The van der Waals surface area contributed by atoms with Crippen molar-refractivity contribution in [2.24, 2.45) is 0 Å². The molecule has 2 nitrogen and oxygen atoms in total. The third-order valence-electron chi connectivity index (χ3n) is 19.8. The molecule has 0 saturated carbocycles. The molecule has 0 N–H and O–H groups in total. The molecule has 0 saturated heterocycles. The number of thiophene rings is 1. The van der Waals surface area contributed by atoms with E-state index < -0.39 is 0 Å². The van der Waals surface area contributed by atoms with Gasteiger partial charge in [0, 0.05) is 65.2 Å². The summed E-state index contributed by atoms with van der Waals surface area (Å²) in [6.45, 7) is 6.94. The van der Waals surface area contributed by atoms with Crippen LogP contribution in [0.3, 0.4) is 0 Å². The Kier molecular flexibility index (Phi) is 13.1. The quantitative estimate of drug-likeness (QED) is 0.105. The first-order valence-electron chi connectivity index (χ1n) is 32.8. The van der Waals surface area contributed by atoms with E-state index in [2.05, 4.69) is 358 Å². The van der Waals surface area contributed by atoms with Gasteiger partial charge in [-0.05, 0) is 135 Å². The summed E-state index contributed by atoms with van der Waals surface area (Å²) in [5, 5.41) is 7.50. The number of fused-ring (bicyclic) bond motifs is 9. The minimum Gasteiger partial charge on any atom is -0.310 e. The molecule has 18 rings (SSSR count). The SMILES string of the molecule is CC(C)(C)c1cc2c3c(c1)N(c1c(-c4ccccc4)cccc1-c1ccccc1)c1cc(-c4c5ccccc5c(-c5ccccc5)c5ccccc45)ccc1B3c1cc(-c3cccc4c3sc3ccccc34)ccc1N2c1c(-c2ccccc2)cccc1-c1ccccc1. The molecule has 2 aliphatic heterocycles. The lowest BCUT2D eigenvalue weighted by molar-refractivity contribution is 0.590. The Hall–Kier alpha value is -11.3. The number of para-hydroxylation sites is 2. The molecule has 0 atom stereocenters. The number of anilines is 6. The highest BCUT2D eigenvalue weighted by Gasteiger charge is 2.46.